The van der Waals surface area contributed by atoms with E-state index in [-0.39, 0.29) is 0 Å². The van der Waals surface area contributed by atoms with Crippen molar-refractivity contribution in [2.24, 2.45) is 17.3 Å². The molecule has 1 aliphatic carbocycles. The van der Waals surface area contributed by atoms with Gasteiger partial charge in [-0.15, -0.1) is 0 Å². The molecule has 0 aromatic carbocycles. The minimum absolute atomic E-state index is 0.372. The number of hydrogen-bond acceptors (Lipinski definition) is 1. The average Bonchev–Trinajstić information content (AvgIpc) is 2.59. The van der Waals surface area contributed by atoms with E-state index in [1.807, 2.05) is 0 Å². The lowest BCUT2D eigenvalue weighted by Gasteiger charge is -2.47. The normalized spacial score (nSPS) is 46.6. The summed E-state index contributed by atoms with van der Waals surface area (Å²) in [4.78, 5) is 2.73. The van der Waals surface area contributed by atoms with Gasteiger partial charge in [0.25, 0.3) is 0 Å². The quantitative estimate of drug-likeness (QED) is 0.532. The van der Waals surface area contributed by atoms with Gasteiger partial charge in [-0.3, -0.25) is 4.90 Å². The van der Waals surface area contributed by atoms with Crippen LogP contribution in [-0.2, 0) is 0 Å². The fourth-order valence-electron chi connectivity index (χ4n) is 4.40. The summed E-state index contributed by atoms with van der Waals surface area (Å²) < 4.78 is 0. The Morgan fingerprint density at radius 1 is 1.43 bits per heavy atom. The molecule has 0 radical (unpaired) electrons. The Balaban J connectivity index is 2.11. The zero-order valence-corrected chi connectivity index (χ0v) is 9.64. The fraction of sp³-hybridized carbons (Fsp3) is 0.846. The molecule has 14 heavy (non-hydrogen) atoms. The molecular weight excluding hydrogens is 170 g/mol. The molecule has 3 rings (SSSR count). The van der Waals surface area contributed by atoms with Crippen LogP contribution in [0.25, 0.3) is 0 Å². The summed E-state index contributed by atoms with van der Waals surface area (Å²) in [5.74, 6) is 1.95. The molecule has 1 heteroatoms. The van der Waals surface area contributed by atoms with Gasteiger partial charge in [-0.25, -0.2) is 0 Å². The third-order valence-corrected chi connectivity index (χ3v) is 4.78. The highest BCUT2D eigenvalue weighted by atomic mass is 15.3. The van der Waals surface area contributed by atoms with Crippen LogP contribution in [0, 0.1) is 17.3 Å². The van der Waals surface area contributed by atoms with Crippen LogP contribution in [0.15, 0.2) is 12.2 Å². The molecule has 0 aromatic rings. The fourth-order valence-corrected chi connectivity index (χ4v) is 4.40. The van der Waals surface area contributed by atoms with Crippen LogP contribution in [-0.4, -0.2) is 23.5 Å². The first kappa shape index (κ1) is 8.96. The van der Waals surface area contributed by atoms with Crippen LogP contribution >= 0.6 is 0 Å². The molecule has 1 nitrogen and oxygen atoms in total. The molecule has 0 amide bonds. The summed E-state index contributed by atoms with van der Waals surface area (Å²) in [6, 6.07) is 0. The monoisotopic (exact) mass is 191 g/mol. The van der Waals surface area contributed by atoms with Crippen molar-refractivity contribution in [1.82, 2.24) is 4.90 Å². The molecule has 0 bridgehead atoms. The van der Waals surface area contributed by atoms with E-state index >= 15 is 0 Å². The molecule has 0 spiro atoms. The van der Waals surface area contributed by atoms with Crippen molar-refractivity contribution >= 4 is 0 Å². The van der Waals surface area contributed by atoms with Crippen molar-refractivity contribution in [3.05, 3.63) is 12.2 Å². The second kappa shape index (κ2) is 2.27. The molecule has 1 unspecified atom stereocenters. The lowest BCUT2D eigenvalue weighted by molar-refractivity contribution is 0.0656. The minimum atomic E-state index is 0.372. The summed E-state index contributed by atoms with van der Waals surface area (Å²) in [6.07, 6.45) is 2.70. The molecule has 0 N–H and O–H groups in total. The summed E-state index contributed by atoms with van der Waals surface area (Å²) in [5.41, 5.74) is 2.27. The van der Waals surface area contributed by atoms with Crippen LogP contribution in [0.5, 0.6) is 0 Å². The molecule has 78 valence electrons. The molecule has 2 aliphatic heterocycles. The van der Waals surface area contributed by atoms with E-state index in [9.17, 15) is 0 Å². The second-order valence-corrected chi connectivity index (χ2v) is 6.42. The van der Waals surface area contributed by atoms with Gasteiger partial charge in [0.05, 0.1) is 0 Å². The summed E-state index contributed by atoms with van der Waals surface area (Å²) >= 11 is 0. The Morgan fingerprint density at radius 2 is 2.14 bits per heavy atom. The van der Waals surface area contributed by atoms with Crippen molar-refractivity contribution in [1.29, 1.82) is 0 Å². The van der Waals surface area contributed by atoms with E-state index < -0.39 is 0 Å². The second-order valence-electron chi connectivity index (χ2n) is 6.42. The van der Waals surface area contributed by atoms with Crippen molar-refractivity contribution in [2.45, 2.75) is 39.2 Å². The van der Waals surface area contributed by atoms with E-state index in [0.717, 1.165) is 11.8 Å². The Hall–Kier alpha value is -0.300. The average molecular weight is 191 g/mol. The van der Waals surface area contributed by atoms with Gasteiger partial charge >= 0.3 is 0 Å². The van der Waals surface area contributed by atoms with Gasteiger partial charge in [-0.2, -0.15) is 0 Å². The molecule has 3 fully saturated rings. The number of fused-ring (bicyclic) bond motifs is 3. The third-order valence-electron chi connectivity index (χ3n) is 4.78. The van der Waals surface area contributed by atoms with Gasteiger partial charge in [-0.05, 0) is 30.1 Å². The molecule has 2 saturated heterocycles. The van der Waals surface area contributed by atoms with E-state index in [1.54, 1.807) is 0 Å². The smallest absolute Gasteiger partial charge is 0.0498 e. The molecule has 0 aromatic heterocycles. The molecule has 3 aliphatic rings. The predicted molar refractivity (Wildman–Crippen MR) is 59.1 cm³/mol. The molecule has 2 heterocycles. The van der Waals surface area contributed by atoms with Crippen LogP contribution in [0.1, 0.15) is 33.6 Å². The predicted octanol–water partition coefficient (Wildman–Crippen LogP) is 2.68. The van der Waals surface area contributed by atoms with E-state index in [2.05, 4.69) is 32.3 Å². The number of hydrogen-bond donors (Lipinski definition) is 0. The van der Waals surface area contributed by atoms with E-state index in [4.69, 9.17) is 0 Å². The first-order valence-electron chi connectivity index (χ1n) is 5.91. The van der Waals surface area contributed by atoms with Crippen LogP contribution in [0.3, 0.4) is 0 Å². The first-order valence-corrected chi connectivity index (χ1v) is 5.91. The standard InChI is InChI=1S/C13H21N/c1-9-5-6-14-8-10-7-11(10)13(9,14)12(2,3)4/h10-11H,1,5-8H2,2-4H3/t10-,11-,13?/m1/s1. The zero-order chi connectivity index (χ0) is 10.1. The SMILES string of the molecule is C=C1CCN2C[C@H]3C[C@H]3C12C(C)(C)C. The Kier molecular flexibility index (Phi) is 1.45. The maximum atomic E-state index is 4.37. The zero-order valence-electron chi connectivity index (χ0n) is 9.64. The van der Waals surface area contributed by atoms with Gasteiger partial charge < -0.3 is 0 Å². The van der Waals surface area contributed by atoms with Crippen molar-refractivity contribution in [3.63, 3.8) is 0 Å². The van der Waals surface area contributed by atoms with Gasteiger partial charge in [0, 0.05) is 18.6 Å². The minimum Gasteiger partial charge on any atom is -0.293 e. The molecular formula is C13H21N. The van der Waals surface area contributed by atoms with Gasteiger partial charge in [0.2, 0.25) is 0 Å². The summed E-state index contributed by atoms with van der Waals surface area (Å²) in [5, 5.41) is 0. The van der Waals surface area contributed by atoms with Gasteiger partial charge in [0.1, 0.15) is 0 Å². The lowest BCUT2D eigenvalue weighted by Crippen LogP contribution is -2.53. The van der Waals surface area contributed by atoms with Gasteiger partial charge in [-0.1, -0.05) is 32.9 Å². The van der Waals surface area contributed by atoms with Gasteiger partial charge in [0.15, 0.2) is 0 Å². The first-order chi connectivity index (χ1) is 6.48. The van der Waals surface area contributed by atoms with Crippen LogP contribution in [0.4, 0.5) is 0 Å². The third kappa shape index (κ3) is 0.770. The largest absolute Gasteiger partial charge is 0.293 e. The number of rotatable bonds is 0. The highest BCUT2D eigenvalue weighted by molar-refractivity contribution is 5.36. The van der Waals surface area contributed by atoms with Crippen molar-refractivity contribution < 1.29 is 0 Å². The van der Waals surface area contributed by atoms with Crippen molar-refractivity contribution in [3.8, 4) is 0 Å². The number of piperidine rings is 1. The van der Waals surface area contributed by atoms with Crippen molar-refractivity contribution in [2.75, 3.05) is 13.1 Å². The number of nitrogens with zero attached hydrogens (tertiary/aromatic N) is 1. The Morgan fingerprint density at radius 3 is 2.71 bits per heavy atom. The lowest BCUT2D eigenvalue weighted by atomic mass is 9.67. The highest BCUT2D eigenvalue weighted by Crippen LogP contribution is 2.66. The molecule has 3 atom stereocenters. The topological polar surface area (TPSA) is 3.24 Å². The molecule has 1 saturated carbocycles. The Labute approximate surface area is 87.2 Å². The highest BCUT2D eigenvalue weighted by Gasteiger charge is 2.68. The summed E-state index contributed by atoms with van der Waals surface area (Å²) in [6.45, 7) is 14.2. The van der Waals surface area contributed by atoms with Crippen LogP contribution in [0.2, 0.25) is 0 Å². The van der Waals surface area contributed by atoms with E-state index in [0.29, 0.717) is 11.0 Å². The summed E-state index contributed by atoms with van der Waals surface area (Å²) in [7, 11) is 0. The Bertz CT molecular complexity index is 299. The maximum absolute atomic E-state index is 4.37. The van der Waals surface area contributed by atoms with Crippen LogP contribution < -0.4 is 0 Å². The maximum Gasteiger partial charge on any atom is 0.0498 e. The van der Waals surface area contributed by atoms with E-state index in [1.165, 1.54) is 31.5 Å².